The summed E-state index contributed by atoms with van der Waals surface area (Å²) in [4.78, 5) is 25.2. The summed E-state index contributed by atoms with van der Waals surface area (Å²) >= 11 is 0. The molecule has 1 atom stereocenters. The minimum Gasteiger partial charge on any atom is -0.493 e. The number of nitrogens with one attached hydrogen (secondary N) is 2. The van der Waals surface area contributed by atoms with Gasteiger partial charge in [-0.05, 0) is 51.3 Å². The third-order valence-electron chi connectivity index (χ3n) is 4.32. The van der Waals surface area contributed by atoms with Gasteiger partial charge in [-0.25, -0.2) is 9.59 Å². The van der Waals surface area contributed by atoms with E-state index in [0.29, 0.717) is 35.8 Å². The molecular weight excluding hydrogens is 360 g/mol. The first-order valence-corrected chi connectivity index (χ1v) is 9.73. The maximum atomic E-state index is 12.9. The molecule has 2 amide bonds. The summed E-state index contributed by atoms with van der Waals surface area (Å²) in [5, 5.41) is 5.64. The maximum Gasteiger partial charge on any atom is 0.338 e. The predicted octanol–water partition coefficient (Wildman–Crippen LogP) is 3.84. The molecule has 0 saturated heterocycles. The van der Waals surface area contributed by atoms with E-state index in [1.54, 1.807) is 33.1 Å². The van der Waals surface area contributed by atoms with Gasteiger partial charge in [0.1, 0.15) is 0 Å². The van der Waals surface area contributed by atoms with Gasteiger partial charge in [0.2, 0.25) is 0 Å². The number of unbranched alkanes of at least 4 members (excludes halogenated alkanes) is 1. The van der Waals surface area contributed by atoms with E-state index in [9.17, 15) is 9.59 Å². The summed E-state index contributed by atoms with van der Waals surface area (Å²) in [6.45, 7) is 8.01. The normalized spacial score (nSPS) is 16.5. The monoisotopic (exact) mass is 390 g/mol. The molecule has 154 valence electrons. The van der Waals surface area contributed by atoms with Crippen molar-refractivity contribution in [2.24, 2.45) is 0 Å². The van der Waals surface area contributed by atoms with Crippen LogP contribution in [0, 0.1) is 0 Å². The Bertz CT molecular complexity index is 742. The SMILES string of the molecule is CCCCC1=C(C(=O)OC(C)C)C(c2ccc(OC)c(OCC)c2)NC(=O)N1. The van der Waals surface area contributed by atoms with Crippen LogP contribution in [-0.2, 0) is 9.53 Å². The highest BCUT2D eigenvalue weighted by Gasteiger charge is 2.34. The number of ether oxygens (including phenoxy) is 3. The van der Waals surface area contributed by atoms with Gasteiger partial charge in [0, 0.05) is 5.70 Å². The molecule has 1 aromatic carbocycles. The van der Waals surface area contributed by atoms with Gasteiger partial charge in [-0.2, -0.15) is 0 Å². The van der Waals surface area contributed by atoms with Gasteiger partial charge in [-0.1, -0.05) is 19.4 Å². The Hall–Kier alpha value is -2.70. The Morgan fingerprint density at radius 3 is 2.57 bits per heavy atom. The number of hydrogen-bond acceptors (Lipinski definition) is 5. The predicted molar refractivity (Wildman–Crippen MR) is 106 cm³/mol. The lowest BCUT2D eigenvalue weighted by Crippen LogP contribution is -2.46. The van der Waals surface area contributed by atoms with Crippen LogP contribution in [-0.4, -0.2) is 31.8 Å². The number of hydrogen-bond donors (Lipinski definition) is 2. The van der Waals surface area contributed by atoms with Crippen LogP contribution in [0.2, 0.25) is 0 Å². The molecule has 7 nitrogen and oxygen atoms in total. The molecule has 1 aliphatic heterocycles. The Balaban J connectivity index is 2.52. The molecule has 28 heavy (non-hydrogen) atoms. The van der Waals surface area contributed by atoms with Crippen LogP contribution >= 0.6 is 0 Å². The average Bonchev–Trinajstić information content (AvgIpc) is 2.65. The van der Waals surface area contributed by atoms with Crippen molar-refractivity contribution in [2.75, 3.05) is 13.7 Å². The smallest absolute Gasteiger partial charge is 0.338 e. The highest BCUT2D eigenvalue weighted by atomic mass is 16.5. The molecule has 1 aromatic rings. The summed E-state index contributed by atoms with van der Waals surface area (Å²) < 4.78 is 16.5. The summed E-state index contributed by atoms with van der Waals surface area (Å²) in [5.74, 6) is 0.710. The van der Waals surface area contributed by atoms with E-state index in [0.717, 1.165) is 18.4 Å². The van der Waals surface area contributed by atoms with Crippen LogP contribution < -0.4 is 20.1 Å². The Kier molecular flexibility index (Phi) is 7.72. The fraction of sp³-hybridized carbons (Fsp3) is 0.524. The summed E-state index contributed by atoms with van der Waals surface area (Å²) in [6, 6.07) is 4.41. The average molecular weight is 390 g/mol. The first-order chi connectivity index (χ1) is 13.4. The molecule has 0 aliphatic carbocycles. The first kappa shape index (κ1) is 21.6. The molecular formula is C21H30N2O5. The second kappa shape index (κ2) is 10.0. The van der Waals surface area contributed by atoms with Crippen molar-refractivity contribution in [3.05, 3.63) is 35.0 Å². The van der Waals surface area contributed by atoms with Crippen LogP contribution in [0.4, 0.5) is 4.79 Å². The number of urea groups is 1. The van der Waals surface area contributed by atoms with Crippen LogP contribution in [0.3, 0.4) is 0 Å². The van der Waals surface area contributed by atoms with Gasteiger partial charge in [0.25, 0.3) is 0 Å². The van der Waals surface area contributed by atoms with Crippen LogP contribution in [0.25, 0.3) is 0 Å². The fourth-order valence-electron chi connectivity index (χ4n) is 3.08. The van der Waals surface area contributed by atoms with Crippen molar-refractivity contribution in [3.8, 4) is 11.5 Å². The molecule has 7 heteroatoms. The number of methoxy groups -OCH3 is 1. The van der Waals surface area contributed by atoms with Crippen LogP contribution in [0.1, 0.15) is 58.6 Å². The van der Waals surface area contributed by atoms with Crippen molar-refractivity contribution in [1.82, 2.24) is 10.6 Å². The highest BCUT2D eigenvalue weighted by Crippen LogP contribution is 2.35. The van der Waals surface area contributed by atoms with Gasteiger partial charge in [-0.15, -0.1) is 0 Å². The van der Waals surface area contributed by atoms with E-state index in [-0.39, 0.29) is 12.1 Å². The van der Waals surface area contributed by atoms with E-state index < -0.39 is 12.0 Å². The zero-order valence-electron chi connectivity index (χ0n) is 17.3. The molecule has 0 bridgehead atoms. The highest BCUT2D eigenvalue weighted by molar-refractivity contribution is 5.95. The molecule has 1 aliphatic rings. The number of allylic oxidation sites excluding steroid dienone is 1. The maximum absolute atomic E-state index is 12.9. The lowest BCUT2D eigenvalue weighted by atomic mass is 9.93. The number of rotatable bonds is 9. The van der Waals surface area contributed by atoms with Crippen molar-refractivity contribution >= 4 is 12.0 Å². The zero-order valence-corrected chi connectivity index (χ0v) is 17.3. The standard InChI is InChI=1S/C21H30N2O5/c1-6-8-9-15-18(20(24)28-13(3)4)19(23-21(25)22-15)14-10-11-16(26-5)17(12-14)27-7-2/h10-13,19H,6-9H2,1-5H3,(H2,22,23,25). The first-order valence-electron chi connectivity index (χ1n) is 9.73. The van der Waals surface area contributed by atoms with E-state index >= 15 is 0 Å². The molecule has 0 aromatic heterocycles. The third kappa shape index (κ3) is 5.18. The number of carbonyl (C=O) groups excluding carboxylic acids is 2. The lowest BCUT2D eigenvalue weighted by molar-refractivity contribution is -0.143. The third-order valence-corrected chi connectivity index (χ3v) is 4.32. The Morgan fingerprint density at radius 2 is 1.96 bits per heavy atom. The van der Waals surface area contributed by atoms with Crippen molar-refractivity contribution in [1.29, 1.82) is 0 Å². The van der Waals surface area contributed by atoms with E-state index in [4.69, 9.17) is 14.2 Å². The van der Waals surface area contributed by atoms with Crippen molar-refractivity contribution < 1.29 is 23.8 Å². The zero-order chi connectivity index (χ0) is 20.7. The molecule has 1 heterocycles. The number of benzene rings is 1. The lowest BCUT2D eigenvalue weighted by Gasteiger charge is -2.30. The largest absolute Gasteiger partial charge is 0.493 e. The molecule has 2 N–H and O–H groups in total. The number of carbonyl (C=O) groups is 2. The minimum atomic E-state index is -0.628. The van der Waals surface area contributed by atoms with Gasteiger partial charge in [0.05, 0.1) is 31.4 Å². The quantitative estimate of drug-likeness (QED) is 0.626. The Morgan fingerprint density at radius 1 is 1.21 bits per heavy atom. The topological polar surface area (TPSA) is 85.9 Å². The molecule has 1 unspecified atom stereocenters. The number of esters is 1. The molecule has 0 spiro atoms. The summed E-state index contributed by atoms with van der Waals surface area (Å²) in [5.41, 5.74) is 1.76. The fourth-order valence-corrected chi connectivity index (χ4v) is 3.08. The van der Waals surface area contributed by atoms with Crippen LogP contribution in [0.15, 0.2) is 29.5 Å². The summed E-state index contributed by atoms with van der Waals surface area (Å²) in [7, 11) is 1.57. The molecule has 0 saturated carbocycles. The van der Waals surface area contributed by atoms with Crippen molar-refractivity contribution in [2.45, 2.75) is 59.1 Å². The van der Waals surface area contributed by atoms with Crippen LogP contribution in [0.5, 0.6) is 11.5 Å². The molecule has 2 rings (SSSR count). The number of amides is 2. The minimum absolute atomic E-state index is 0.263. The van der Waals surface area contributed by atoms with E-state index in [1.807, 2.05) is 13.0 Å². The van der Waals surface area contributed by atoms with Gasteiger partial charge in [0.15, 0.2) is 11.5 Å². The van der Waals surface area contributed by atoms with E-state index in [1.165, 1.54) is 0 Å². The summed E-state index contributed by atoms with van der Waals surface area (Å²) in [6.07, 6.45) is 2.13. The molecule has 0 fully saturated rings. The molecule has 0 radical (unpaired) electrons. The van der Waals surface area contributed by atoms with Gasteiger partial charge in [-0.3, -0.25) is 0 Å². The van der Waals surface area contributed by atoms with Gasteiger partial charge < -0.3 is 24.8 Å². The second-order valence-electron chi connectivity index (χ2n) is 6.82. The van der Waals surface area contributed by atoms with Crippen molar-refractivity contribution in [3.63, 3.8) is 0 Å². The second-order valence-corrected chi connectivity index (χ2v) is 6.82. The Labute approximate surface area is 166 Å². The van der Waals surface area contributed by atoms with E-state index in [2.05, 4.69) is 17.6 Å². The van der Waals surface area contributed by atoms with Gasteiger partial charge >= 0.3 is 12.0 Å².